The second-order valence-electron chi connectivity index (χ2n) is 5.36. The Bertz CT molecular complexity index is 516. The predicted octanol–water partition coefficient (Wildman–Crippen LogP) is 1.91. The minimum atomic E-state index is -0.958. The standard InChI is InChI=1S/C15H17NO4/c17-12-6-7-16(15(18)19)14-11(12)8-13(14)20-9-10-4-2-1-3-5-10/h1-5,11,13-14H,6-9H2,(H,18,19)/t11-,13?,14+/m1/s1. The van der Waals surface area contributed by atoms with Crippen molar-refractivity contribution in [1.82, 2.24) is 4.90 Å². The van der Waals surface area contributed by atoms with Crippen molar-refractivity contribution in [3.8, 4) is 0 Å². The summed E-state index contributed by atoms with van der Waals surface area (Å²) < 4.78 is 5.80. The molecule has 0 bridgehead atoms. The van der Waals surface area contributed by atoms with Crippen molar-refractivity contribution in [2.75, 3.05) is 6.54 Å². The highest BCUT2D eigenvalue weighted by Crippen LogP contribution is 2.39. The molecule has 2 fully saturated rings. The largest absolute Gasteiger partial charge is 0.465 e. The average molecular weight is 275 g/mol. The van der Waals surface area contributed by atoms with E-state index in [0.29, 0.717) is 26.0 Å². The maximum atomic E-state index is 11.8. The lowest BCUT2D eigenvalue weighted by Gasteiger charge is -2.51. The minimum absolute atomic E-state index is 0.166. The third kappa shape index (κ3) is 2.29. The fraction of sp³-hybridized carbons (Fsp3) is 0.467. The highest BCUT2D eigenvalue weighted by Gasteiger charge is 2.52. The Labute approximate surface area is 117 Å². The number of Topliss-reactive ketones (excluding diaryl/α,β-unsaturated/α-hetero) is 1. The Morgan fingerprint density at radius 1 is 1.35 bits per heavy atom. The van der Waals surface area contributed by atoms with Crippen LogP contribution < -0.4 is 0 Å². The van der Waals surface area contributed by atoms with Gasteiger partial charge in [0, 0.05) is 18.9 Å². The topological polar surface area (TPSA) is 66.8 Å². The zero-order valence-corrected chi connectivity index (χ0v) is 11.1. The number of piperidine rings is 1. The lowest BCUT2D eigenvalue weighted by molar-refractivity contribution is -0.154. The van der Waals surface area contributed by atoms with Gasteiger partial charge in [0.1, 0.15) is 5.78 Å². The second-order valence-corrected chi connectivity index (χ2v) is 5.36. The van der Waals surface area contributed by atoms with E-state index in [4.69, 9.17) is 4.74 Å². The molecular formula is C15H17NO4. The quantitative estimate of drug-likeness (QED) is 0.915. The van der Waals surface area contributed by atoms with Gasteiger partial charge in [-0.15, -0.1) is 0 Å². The van der Waals surface area contributed by atoms with Gasteiger partial charge in [-0.1, -0.05) is 30.3 Å². The lowest BCUT2D eigenvalue weighted by atomic mass is 9.70. The Hall–Kier alpha value is -1.88. The fourth-order valence-electron chi connectivity index (χ4n) is 3.06. The number of ketones is 1. The number of fused-ring (bicyclic) bond motifs is 1. The van der Waals surface area contributed by atoms with Crippen LogP contribution in [-0.4, -0.2) is 40.6 Å². The first-order chi connectivity index (χ1) is 9.66. The average Bonchev–Trinajstić information content (AvgIpc) is 2.42. The van der Waals surface area contributed by atoms with Crippen LogP contribution in [0, 0.1) is 5.92 Å². The first-order valence-electron chi connectivity index (χ1n) is 6.84. The molecule has 1 aliphatic heterocycles. The Balaban J connectivity index is 1.64. The van der Waals surface area contributed by atoms with E-state index in [0.717, 1.165) is 5.56 Å². The number of likely N-dealkylation sites (tertiary alicyclic amines) is 1. The molecule has 1 unspecified atom stereocenters. The summed E-state index contributed by atoms with van der Waals surface area (Å²) in [6.45, 7) is 0.747. The SMILES string of the molecule is O=C1CCN(C(=O)O)[C@@H]2C(OCc3ccccc3)C[C@H]12. The van der Waals surface area contributed by atoms with Gasteiger partial charge in [-0.3, -0.25) is 4.79 Å². The summed E-state index contributed by atoms with van der Waals surface area (Å²) in [6.07, 6.45) is -0.153. The van der Waals surface area contributed by atoms with Gasteiger partial charge in [0.05, 0.1) is 18.8 Å². The molecule has 1 saturated heterocycles. The molecule has 3 rings (SSSR count). The van der Waals surface area contributed by atoms with Gasteiger partial charge >= 0.3 is 6.09 Å². The fourth-order valence-corrected chi connectivity index (χ4v) is 3.06. The van der Waals surface area contributed by atoms with E-state index in [-0.39, 0.29) is 23.8 Å². The van der Waals surface area contributed by atoms with E-state index in [1.807, 2.05) is 30.3 Å². The molecule has 1 heterocycles. The van der Waals surface area contributed by atoms with Crippen molar-refractivity contribution in [3.63, 3.8) is 0 Å². The van der Waals surface area contributed by atoms with E-state index in [2.05, 4.69) is 0 Å². The number of amides is 1. The van der Waals surface area contributed by atoms with E-state index >= 15 is 0 Å². The number of carboxylic acid groups (broad SMARTS) is 1. The Morgan fingerprint density at radius 3 is 2.80 bits per heavy atom. The molecule has 0 aromatic heterocycles. The van der Waals surface area contributed by atoms with Crippen LogP contribution in [0.5, 0.6) is 0 Å². The molecule has 1 saturated carbocycles. The molecule has 106 valence electrons. The van der Waals surface area contributed by atoms with Crippen molar-refractivity contribution in [3.05, 3.63) is 35.9 Å². The number of rotatable bonds is 3. The summed E-state index contributed by atoms with van der Waals surface area (Å²) in [7, 11) is 0. The number of benzene rings is 1. The molecule has 1 N–H and O–H groups in total. The van der Waals surface area contributed by atoms with Gasteiger partial charge in [0.15, 0.2) is 0 Å². The van der Waals surface area contributed by atoms with E-state index in [1.165, 1.54) is 4.90 Å². The highest BCUT2D eigenvalue weighted by molar-refractivity contribution is 5.86. The highest BCUT2D eigenvalue weighted by atomic mass is 16.5. The number of ether oxygens (including phenoxy) is 1. The van der Waals surface area contributed by atoms with Crippen molar-refractivity contribution < 1.29 is 19.4 Å². The van der Waals surface area contributed by atoms with Crippen LogP contribution in [0.15, 0.2) is 30.3 Å². The molecule has 2 aliphatic rings. The summed E-state index contributed by atoms with van der Waals surface area (Å²) in [5, 5.41) is 9.21. The predicted molar refractivity (Wildman–Crippen MR) is 71.3 cm³/mol. The van der Waals surface area contributed by atoms with Gasteiger partial charge in [-0.25, -0.2) is 4.79 Å². The number of hydrogen-bond donors (Lipinski definition) is 1. The molecule has 0 spiro atoms. The molecule has 20 heavy (non-hydrogen) atoms. The normalized spacial score (nSPS) is 28.7. The maximum absolute atomic E-state index is 11.8. The Morgan fingerprint density at radius 2 is 2.10 bits per heavy atom. The van der Waals surface area contributed by atoms with Crippen LogP contribution in [0.2, 0.25) is 0 Å². The van der Waals surface area contributed by atoms with Gasteiger partial charge in [0.2, 0.25) is 0 Å². The summed E-state index contributed by atoms with van der Waals surface area (Å²) in [5.41, 5.74) is 1.06. The number of carbonyl (C=O) groups excluding carboxylic acids is 1. The lowest BCUT2D eigenvalue weighted by Crippen LogP contribution is -2.65. The zero-order valence-electron chi connectivity index (χ0n) is 11.1. The van der Waals surface area contributed by atoms with Crippen molar-refractivity contribution in [2.24, 2.45) is 5.92 Å². The van der Waals surface area contributed by atoms with Crippen LogP contribution in [-0.2, 0) is 16.1 Å². The van der Waals surface area contributed by atoms with Crippen molar-refractivity contribution in [2.45, 2.75) is 31.6 Å². The first-order valence-corrected chi connectivity index (χ1v) is 6.84. The summed E-state index contributed by atoms with van der Waals surface area (Å²) in [5.74, 6) is 0.00712. The summed E-state index contributed by atoms with van der Waals surface area (Å²) >= 11 is 0. The van der Waals surface area contributed by atoms with Crippen molar-refractivity contribution in [1.29, 1.82) is 0 Å². The van der Waals surface area contributed by atoms with Crippen LogP contribution in [0.3, 0.4) is 0 Å². The number of hydrogen-bond acceptors (Lipinski definition) is 3. The van der Waals surface area contributed by atoms with Crippen LogP contribution >= 0.6 is 0 Å². The second kappa shape index (κ2) is 5.25. The van der Waals surface area contributed by atoms with Gasteiger partial charge < -0.3 is 14.7 Å². The molecule has 1 aromatic carbocycles. The van der Waals surface area contributed by atoms with Crippen LogP contribution in [0.1, 0.15) is 18.4 Å². The summed E-state index contributed by atoms with van der Waals surface area (Å²) in [6, 6.07) is 9.46. The molecular weight excluding hydrogens is 258 g/mol. The molecule has 5 heteroatoms. The van der Waals surface area contributed by atoms with Gasteiger partial charge in [-0.2, -0.15) is 0 Å². The molecule has 5 nitrogen and oxygen atoms in total. The van der Waals surface area contributed by atoms with E-state index in [9.17, 15) is 14.7 Å². The molecule has 3 atom stereocenters. The third-order valence-corrected chi connectivity index (χ3v) is 4.20. The zero-order chi connectivity index (χ0) is 14.1. The van der Waals surface area contributed by atoms with Gasteiger partial charge in [-0.05, 0) is 12.0 Å². The number of nitrogens with zero attached hydrogens (tertiary/aromatic N) is 1. The molecule has 1 aliphatic carbocycles. The third-order valence-electron chi connectivity index (χ3n) is 4.20. The van der Waals surface area contributed by atoms with Gasteiger partial charge in [0.25, 0.3) is 0 Å². The molecule has 0 radical (unpaired) electrons. The summed E-state index contributed by atoms with van der Waals surface area (Å²) in [4.78, 5) is 24.4. The maximum Gasteiger partial charge on any atom is 0.407 e. The monoisotopic (exact) mass is 275 g/mol. The smallest absolute Gasteiger partial charge is 0.407 e. The molecule has 1 aromatic rings. The van der Waals surface area contributed by atoms with E-state index < -0.39 is 6.09 Å². The number of carbonyl (C=O) groups is 2. The van der Waals surface area contributed by atoms with Crippen LogP contribution in [0.25, 0.3) is 0 Å². The molecule has 1 amide bonds. The van der Waals surface area contributed by atoms with E-state index in [1.54, 1.807) is 0 Å². The minimum Gasteiger partial charge on any atom is -0.465 e. The van der Waals surface area contributed by atoms with Crippen LogP contribution in [0.4, 0.5) is 4.79 Å². The Kier molecular flexibility index (Phi) is 3.44. The first kappa shape index (κ1) is 13.1. The van der Waals surface area contributed by atoms with Crippen molar-refractivity contribution >= 4 is 11.9 Å².